The largest absolute Gasteiger partial charge is 0.479 e. The molecule has 2 aromatic carbocycles. The number of nitrogens with zero attached hydrogens (tertiary/aromatic N) is 1. The molecule has 1 saturated heterocycles. The molecule has 1 aliphatic rings. The van der Waals surface area contributed by atoms with E-state index in [0.717, 1.165) is 11.1 Å². The number of hydrogen-bond donors (Lipinski definition) is 1. The van der Waals surface area contributed by atoms with Crippen molar-refractivity contribution in [2.24, 2.45) is 0 Å². The molecule has 1 atom stereocenters. The van der Waals surface area contributed by atoms with Gasteiger partial charge in [-0.2, -0.15) is 0 Å². The van der Waals surface area contributed by atoms with E-state index in [1.165, 1.54) is 0 Å². The van der Waals surface area contributed by atoms with Gasteiger partial charge in [0.1, 0.15) is 0 Å². The van der Waals surface area contributed by atoms with E-state index in [1.54, 1.807) is 11.0 Å². The summed E-state index contributed by atoms with van der Waals surface area (Å²) in [4.78, 5) is 25.5. The fourth-order valence-corrected chi connectivity index (χ4v) is 2.85. The van der Waals surface area contributed by atoms with Crippen molar-refractivity contribution in [3.8, 4) is 0 Å². The Balaban J connectivity index is 1.81. The standard InChI is InChI=1S/C19H19NO4/c21-18(20-10-11-24-17(13-20)19(22)23)16-9-5-4-8-15(16)12-14-6-2-1-3-7-14/h1-9,17H,10-13H2,(H,22,23). The van der Waals surface area contributed by atoms with E-state index in [0.29, 0.717) is 18.5 Å². The molecule has 0 aliphatic carbocycles. The number of amides is 1. The van der Waals surface area contributed by atoms with E-state index in [4.69, 9.17) is 9.84 Å². The fourth-order valence-electron chi connectivity index (χ4n) is 2.85. The van der Waals surface area contributed by atoms with Crippen LogP contribution in [0.25, 0.3) is 0 Å². The number of morpholine rings is 1. The molecule has 1 N–H and O–H groups in total. The first-order valence-corrected chi connectivity index (χ1v) is 7.90. The number of carboxylic acids is 1. The Kier molecular flexibility index (Phi) is 4.91. The average molecular weight is 325 g/mol. The van der Waals surface area contributed by atoms with Crippen molar-refractivity contribution in [2.75, 3.05) is 19.7 Å². The average Bonchev–Trinajstić information content (AvgIpc) is 2.62. The second-order valence-corrected chi connectivity index (χ2v) is 5.77. The van der Waals surface area contributed by atoms with E-state index in [9.17, 15) is 9.59 Å². The quantitative estimate of drug-likeness (QED) is 0.936. The number of carbonyl (C=O) groups is 2. The second kappa shape index (κ2) is 7.27. The van der Waals surface area contributed by atoms with Crippen molar-refractivity contribution in [1.29, 1.82) is 0 Å². The first-order chi connectivity index (χ1) is 11.6. The van der Waals surface area contributed by atoms with Gasteiger partial charge in [0, 0.05) is 12.1 Å². The van der Waals surface area contributed by atoms with Crippen LogP contribution in [0.3, 0.4) is 0 Å². The SMILES string of the molecule is O=C(O)C1CN(C(=O)c2ccccc2Cc2ccccc2)CCO1. The number of hydrogen-bond acceptors (Lipinski definition) is 3. The summed E-state index contributed by atoms with van der Waals surface area (Å²) in [5.74, 6) is -1.18. The van der Waals surface area contributed by atoms with Crippen LogP contribution in [-0.2, 0) is 16.0 Å². The predicted molar refractivity (Wildman–Crippen MR) is 89.0 cm³/mol. The van der Waals surface area contributed by atoms with Gasteiger partial charge in [0.05, 0.1) is 13.2 Å². The highest BCUT2D eigenvalue weighted by atomic mass is 16.5. The Hall–Kier alpha value is -2.66. The molecule has 124 valence electrons. The number of rotatable bonds is 4. The summed E-state index contributed by atoms with van der Waals surface area (Å²) in [5.41, 5.74) is 2.68. The Morgan fingerprint density at radius 1 is 1.08 bits per heavy atom. The summed E-state index contributed by atoms with van der Waals surface area (Å²) in [5, 5.41) is 9.09. The maximum Gasteiger partial charge on any atom is 0.334 e. The Labute approximate surface area is 140 Å². The highest BCUT2D eigenvalue weighted by molar-refractivity contribution is 5.96. The Bertz CT molecular complexity index is 729. The molecule has 1 unspecified atom stereocenters. The third-order valence-electron chi connectivity index (χ3n) is 4.11. The topological polar surface area (TPSA) is 66.8 Å². The lowest BCUT2D eigenvalue weighted by Crippen LogP contribution is -2.48. The van der Waals surface area contributed by atoms with E-state index in [-0.39, 0.29) is 19.1 Å². The number of ether oxygens (including phenoxy) is 1. The van der Waals surface area contributed by atoms with Gasteiger partial charge in [-0.3, -0.25) is 4.79 Å². The van der Waals surface area contributed by atoms with E-state index in [1.807, 2.05) is 48.5 Å². The van der Waals surface area contributed by atoms with Gasteiger partial charge in [0.2, 0.25) is 0 Å². The monoisotopic (exact) mass is 325 g/mol. The molecule has 0 spiro atoms. The van der Waals surface area contributed by atoms with Gasteiger partial charge in [0.15, 0.2) is 6.10 Å². The molecule has 0 bridgehead atoms. The van der Waals surface area contributed by atoms with Crippen LogP contribution in [0.4, 0.5) is 0 Å². The molecule has 1 heterocycles. The molecule has 2 aromatic rings. The van der Waals surface area contributed by atoms with Crippen molar-refractivity contribution in [1.82, 2.24) is 4.90 Å². The van der Waals surface area contributed by atoms with Crippen LogP contribution in [-0.4, -0.2) is 47.7 Å². The zero-order valence-electron chi connectivity index (χ0n) is 13.2. The predicted octanol–water partition coefficient (Wildman–Crippen LogP) is 2.20. The van der Waals surface area contributed by atoms with Crippen LogP contribution >= 0.6 is 0 Å². The zero-order chi connectivity index (χ0) is 16.9. The van der Waals surface area contributed by atoms with Gasteiger partial charge in [-0.05, 0) is 23.6 Å². The molecule has 0 saturated carbocycles. The summed E-state index contributed by atoms with van der Waals surface area (Å²) in [7, 11) is 0. The summed E-state index contributed by atoms with van der Waals surface area (Å²) in [6.07, 6.45) is -0.292. The molecule has 24 heavy (non-hydrogen) atoms. The first kappa shape index (κ1) is 16.2. The maximum atomic E-state index is 12.9. The van der Waals surface area contributed by atoms with Crippen molar-refractivity contribution in [3.63, 3.8) is 0 Å². The summed E-state index contributed by atoms with van der Waals surface area (Å²) < 4.78 is 5.19. The van der Waals surface area contributed by atoms with Gasteiger partial charge in [0.25, 0.3) is 5.91 Å². The molecule has 5 nitrogen and oxygen atoms in total. The van der Waals surface area contributed by atoms with Crippen LogP contribution in [0.15, 0.2) is 54.6 Å². The van der Waals surface area contributed by atoms with Crippen LogP contribution in [0, 0.1) is 0 Å². The summed E-state index contributed by atoms with van der Waals surface area (Å²) >= 11 is 0. The molecule has 1 aliphatic heterocycles. The van der Waals surface area contributed by atoms with Gasteiger partial charge in [-0.1, -0.05) is 48.5 Å². The third kappa shape index (κ3) is 3.63. The van der Waals surface area contributed by atoms with E-state index < -0.39 is 12.1 Å². The fraction of sp³-hybridized carbons (Fsp3) is 0.263. The molecule has 1 fully saturated rings. The Morgan fingerprint density at radius 3 is 2.54 bits per heavy atom. The van der Waals surface area contributed by atoms with Crippen LogP contribution in [0.5, 0.6) is 0 Å². The van der Waals surface area contributed by atoms with Crippen molar-refractivity contribution in [2.45, 2.75) is 12.5 Å². The molecule has 3 rings (SSSR count). The van der Waals surface area contributed by atoms with Crippen molar-refractivity contribution < 1.29 is 19.4 Å². The molecular weight excluding hydrogens is 306 g/mol. The normalized spacial score (nSPS) is 17.5. The number of benzene rings is 2. The van der Waals surface area contributed by atoms with Gasteiger partial charge >= 0.3 is 5.97 Å². The minimum Gasteiger partial charge on any atom is -0.479 e. The smallest absolute Gasteiger partial charge is 0.334 e. The number of carboxylic acid groups (broad SMARTS) is 1. The van der Waals surface area contributed by atoms with Crippen molar-refractivity contribution >= 4 is 11.9 Å². The molecule has 1 amide bonds. The van der Waals surface area contributed by atoms with Crippen molar-refractivity contribution in [3.05, 3.63) is 71.3 Å². The summed E-state index contributed by atoms with van der Waals surface area (Å²) in [6.45, 7) is 0.722. The lowest BCUT2D eigenvalue weighted by Gasteiger charge is -2.31. The number of aliphatic carboxylic acids is 1. The van der Waals surface area contributed by atoms with Gasteiger partial charge in [-0.25, -0.2) is 4.79 Å². The number of carbonyl (C=O) groups excluding carboxylic acids is 1. The first-order valence-electron chi connectivity index (χ1n) is 7.90. The van der Waals surface area contributed by atoms with Gasteiger partial charge in [-0.15, -0.1) is 0 Å². The zero-order valence-corrected chi connectivity index (χ0v) is 13.2. The minimum absolute atomic E-state index is 0.0772. The van der Waals surface area contributed by atoms with Crippen LogP contribution in [0.2, 0.25) is 0 Å². The second-order valence-electron chi connectivity index (χ2n) is 5.77. The highest BCUT2D eigenvalue weighted by Crippen LogP contribution is 2.18. The lowest BCUT2D eigenvalue weighted by molar-refractivity contribution is -0.154. The molecule has 0 aromatic heterocycles. The maximum absolute atomic E-state index is 12.9. The molecular formula is C19H19NO4. The van der Waals surface area contributed by atoms with E-state index >= 15 is 0 Å². The minimum atomic E-state index is -1.04. The van der Waals surface area contributed by atoms with E-state index in [2.05, 4.69) is 0 Å². The molecule has 5 heteroatoms. The van der Waals surface area contributed by atoms with Crippen LogP contribution in [0.1, 0.15) is 21.5 Å². The summed E-state index contributed by atoms with van der Waals surface area (Å²) in [6, 6.07) is 17.4. The third-order valence-corrected chi connectivity index (χ3v) is 4.11. The lowest BCUT2D eigenvalue weighted by atomic mass is 9.98. The van der Waals surface area contributed by atoms with Gasteiger partial charge < -0.3 is 14.7 Å². The molecule has 0 radical (unpaired) electrons. The highest BCUT2D eigenvalue weighted by Gasteiger charge is 2.30. The Morgan fingerprint density at radius 2 is 1.79 bits per heavy atom. The van der Waals surface area contributed by atoms with Crippen LogP contribution < -0.4 is 0 Å².